The monoisotopic (exact) mass is 317 g/mol. The molecule has 0 saturated carbocycles. The maximum absolute atomic E-state index is 4.52. The summed E-state index contributed by atoms with van der Waals surface area (Å²) in [6.45, 7) is 7.30. The Hall–Kier alpha value is -1.69. The average Bonchev–Trinajstić information content (AvgIpc) is 2.92. The van der Waals surface area contributed by atoms with Gasteiger partial charge in [0.05, 0.1) is 6.54 Å². The summed E-state index contributed by atoms with van der Waals surface area (Å²) >= 11 is 1.70. The molecule has 1 saturated heterocycles. The van der Waals surface area contributed by atoms with E-state index in [1.165, 1.54) is 12.8 Å². The first kappa shape index (κ1) is 15.2. The van der Waals surface area contributed by atoms with Crippen molar-refractivity contribution in [1.82, 2.24) is 15.0 Å². The van der Waals surface area contributed by atoms with Crippen LogP contribution in [-0.4, -0.2) is 35.1 Å². The van der Waals surface area contributed by atoms with Crippen LogP contribution in [-0.2, 0) is 6.54 Å². The van der Waals surface area contributed by atoms with E-state index in [4.69, 9.17) is 0 Å². The molecule has 1 fully saturated rings. The molecule has 0 amide bonds. The summed E-state index contributed by atoms with van der Waals surface area (Å²) in [5.74, 6) is 2.73. The van der Waals surface area contributed by atoms with Gasteiger partial charge in [0.15, 0.2) is 0 Å². The highest BCUT2D eigenvalue weighted by atomic mass is 32.1. The van der Waals surface area contributed by atoms with E-state index < -0.39 is 0 Å². The first-order valence-electron chi connectivity index (χ1n) is 7.81. The van der Waals surface area contributed by atoms with Gasteiger partial charge < -0.3 is 9.80 Å². The van der Waals surface area contributed by atoms with Gasteiger partial charge in [0.2, 0.25) is 0 Å². The van der Waals surface area contributed by atoms with Gasteiger partial charge in [0.1, 0.15) is 23.0 Å². The number of rotatable bonds is 4. The van der Waals surface area contributed by atoms with Crippen molar-refractivity contribution in [2.45, 2.75) is 33.2 Å². The van der Waals surface area contributed by atoms with E-state index in [1.807, 2.05) is 6.92 Å². The zero-order chi connectivity index (χ0) is 15.5. The molecule has 0 aromatic carbocycles. The summed E-state index contributed by atoms with van der Waals surface area (Å²) in [6, 6.07) is 2.10. The van der Waals surface area contributed by atoms with Crippen molar-refractivity contribution in [3.8, 4) is 0 Å². The fourth-order valence-electron chi connectivity index (χ4n) is 2.88. The molecule has 2 aromatic heterocycles. The summed E-state index contributed by atoms with van der Waals surface area (Å²) in [7, 11) is 2.06. The van der Waals surface area contributed by atoms with Crippen LogP contribution in [0.4, 0.5) is 11.6 Å². The van der Waals surface area contributed by atoms with Gasteiger partial charge in [-0.25, -0.2) is 15.0 Å². The molecule has 2 aromatic rings. The molecule has 1 atom stereocenters. The van der Waals surface area contributed by atoms with Gasteiger partial charge in [-0.15, -0.1) is 11.3 Å². The molecule has 1 aliphatic heterocycles. The van der Waals surface area contributed by atoms with E-state index in [0.717, 1.165) is 47.9 Å². The Kier molecular flexibility index (Phi) is 4.57. The minimum Gasteiger partial charge on any atom is -0.356 e. The number of aromatic nitrogens is 3. The van der Waals surface area contributed by atoms with Crippen molar-refractivity contribution < 1.29 is 0 Å². The van der Waals surface area contributed by atoms with Crippen LogP contribution in [0.3, 0.4) is 0 Å². The lowest BCUT2D eigenvalue weighted by atomic mass is 10.0. The lowest BCUT2D eigenvalue weighted by molar-refractivity contribution is 0.444. The summed E-state index contributed by atoms with van der Waals surface area (Å²) in [4.78, 5) is 17.9. The number of nitrogens with zero attached hydrogens (tertiary/aromatic N) is 5. The normalized spacial score (nSPS) is 18.5. The highest BCUT2D eigenvalue weighted by Gasteiger charge is 2.18. The summed E-state index contributed by atoms with van der Waals surface area (Å²) < 4.78 is 0. The predicted octanol–water partition coefficient (Wildman–Crippen LogP) is 3.11. The lowest BCUT2D eigenvalue weighted by Crippen LogP contribution is -2.35. The summed E-state index contributed by atoms with van der Waals surface area (Å²) in [6.07, 6.45) is 4.24. The third-order valence-electron chi connectivity index (χ3n) is 4.05. The molecule has 5 nitrogen and oxygen atoms in total. The summed E-state index contributed by atoms with van der Waals surface area (Å²) in [5, 5.41) is 3.20. The Labute approximate surface area is 136 Å². The lowest BCUT2D eigenvalue weighted by Gasteiger charge is -2.32. The van der Waals surface area contributed by atoms with Crippen molar-refractivity contribution in [3.05, 3.63) is 28.5 Å². The molecule has 0 radical (unpaired) electrons. The third kappa shape index (κ3) is 3.55. The molecule has 3 rings (SSSR count). The van der Waals surface area contributed by atoms with Crippen LogP contribution >= 0.6 is 11.3 Å². The van der Waals surface area contributed by atoms with Crippen molar-refractivity contribution in [2.75, 3.05) is 29.9 Å². The molecule has 22 heavy (non-hydrogen) atoms. The minimum atomic E-state index is 0.739. The Morgan fingerprint density at radius 3 is 3.00 bits per heavy atom. The molecule has 0 bridgehead atoms. The second kappa shape index (κ2) is 6.60. The average molecular weight is 317 g/mol. The number of aryl methyl sites for hydroxylation is 1. The van der Waals surface area contributed by atoms with Crippen molar-refractivity contribution in [1.29, 1.82) is 0 Å². The van der Waals surface area contributed by atoms with Gasteiger partial charge in [0, 0.05) is 37.3 Å². The van der Waals surface area contributed by atoms with Gasteiger partial charge in [-0.3, -0.25) is 0 Å². The molecule has 0 aliphatic carbocycles. The molecule has 1 unspecified atom stereocenters. The zero-order valence-electron chi connectivity index (χ0n) is 13.5. The van der Waals surface area contributed by atoms with E-state index in [9.17, 15) is 0 Å². The Balaban J connectivity index is 1.72. The maximum atomic E-state index is 4.52. The zero-order valence-corrected chi connectivity index (χ0v) is 14.3. The number of anilines is 2. The first-order valence-corrected chi connectivity index (χ1v) is 8.69. The van der Waals surface area contributed by atoms with Gasteiger partial charge in [-0.05, 0) is 25.7 Å². The first-order chi connectivity index (χ1) is 10.6. The summed E-state index contributed by atoms with van der Waals surface area (Å²) in [5.41, 5.74) is 1.08. The van der Waals surface area contributed by atoms with Crippen molar-refractivity contribution in [3.63, 3.8) is 0 Å². The number of hydrogen-bond donors (Lipinski definition) is 0. The van der Waals surface area contributed by atoms with Crippen molar-refractivity contribution >= 4 is 23.0 Å². The molecule has 0 spiro atoms. The standard InChI is InChI=1S/C16H23N5S/c1-12-5-4-6-21(8-12)15-7-14(17-11-18-15)20(3)9-16-19-13(2)10-22-16/h7,10-12H,4-6,8-9H2,1-3H3. The van der Waals surface area contributed by atoms with E-state index in [-0.39, 0.29) is 0 Å². The molecular formula is C16H23N5S. The Bertz CT molecular complexity index is 627. The van der Waals surface area contributed by atoms with E-state index in [2.05, 4.69) is 50.2 Å². The number of thiazole rings is 1. The van der Waals surface area contributed by atoms with Gasteiger partial charge in [-0.2, -0.15) is 0 Å². The smallest absolute Gasteiger partial charge is 0.134 e. The highest BCUT2D eigenvalue weighted by molar-refractivity contribution is 7.09. The number of hydrogen-bond acceptors (Lipinski definition) is 6. The van der Waals surface area contributed by atoms with Crippen LogP contribution < -0.4 is 9.80 Å². The van der Waals surface area contributed by atoms with Crippen LogP contribution in [0.25, 0.3) is 0 Å². The van der Waals surface area contributed by atoms with Crippen LogP contribution in [0.2, 0.25) is 0 Å². The second-order valence-corrected chi connectivity index (χ2v) is 7.11. The quantitative estimate of drug-likeness (QED) is 0.867. The maximum Gasteiger partial charge on any atom is 0.134 e. The van der Waals surface area contributed by atoms with Crippen molar-refractivity contribution in [2.24, 2.45) is 5.92 Å². The topological polar surface area (TPSA) is 45.2 Å². The fourth-order valence-corrected chi connectivity index (χ4v) is 3.70. The van der Waals surface area contributed by atoms with Gasteiger partial charge in [-0.1, -0.05) is 6.92 Å². The fraction of sp³-hybridized carbons (Fsp3) is 0.562. The number of piperidine rings is 1. The third-order valence-corrected chi connectivity index (χ3v) is 5.00. The van der Waals surface area contributed by atoms with E-state index in [0.29, 0.717) is 0 Å². The highest BCUT2D eigenvalue weighted by Crippen LogP contribution is 2.24. The second-order valence-electron chi connectivity index (χ2n) is 6.17. The van der Waals surface area contributed by atoms with Crippen LogP contribution in [0, 0.1) is 12.8 Å². The molecule has 6 heteroatoms. The van der Waals surface area contributed by atoms with Gasteiger partial charge >= 0.3 is 0 Å². The van der Waals surface area contributed by atoms with Crippen LogP contribution in [0.15, 0.2) is 17.8 Å². The molecule has 118 valence electrons. The molecule has 0 N–H and O–H groups in total. The van der Waals surface area contributed by atoms with Crippen LogP contribution in [0.1, 0.15) is 30.5 Å². The van der Waals surface area contributed by atoms with E-state index in [1.54, 1.807) is 17.7 Å². The minimum absolute atomic E-state index is 0.739. The molecule has 1 aliphatic rings. The molecule has 3 heterocycles. The Morgan fingerprint density at radius 2 is 2.27 bits per heavy atom. The Morgan fingerprint density at radius 1 is 1.41 bits per heavy atom. The largest absolute Gasteiger partial charge is 0.356 e. The molecular weight excluding hydrogens is 294 g/mol. The van der Waals surface area contributed by atoms with Crippen LogP contribution in [0.5, 0.6) is 0 Å². The SMILES string of the molecule is Cc1csc(CN(C)c2cc(N3CCCC(C)C3)ncn2)n1. The van der Waals surface area contributed by atoms with Gasteiger partial charge in [0.25, 0.3) is 0 Å². The van der Waals surface area contributed by atoms with E-state index >= 15 is 0 Å². The predicted molar refractivity (Wildman–Crippen MR) is 91.6 cm³/mol.